The van der Waals surface area contributed by atoms with Gasteiger partial charge in [-0.2, -0.15) is 0 Å². The van der Waals surface area contributed by atoms with Crippen LogP contribution in [0, 0.1) is 11.8 Å². The molecule has 6 amide bonds. The number of nitrogens with one attached hydrogen (secondary N) is 6. The summed E-state index contributed by atoms with van der Waals surface area (Å²) in [6.07, 6.45) is 0.992. The van der Waals surface area contributed by atoms with E-state index in [1.807, 2.05) is 56.3 Å². The summed E-state index contributed by atoms with van der Waals surface area (Å²) in [5, 5.41) is 26.5. The predicted octanol–water partition coefficient (Wildman–Crippen LogP) is 1.91. The van der Waals surface area contributed by atoms with E-state index in [4.69, 9.17) is 14.2 Å². The first-order valence-corrected chi connectivity index (χ1v) is 17.2. The van der Waals surface area contributed by atoms with Crippen LogP contribution in [0.5, 0.6) is 5.75 Å². The third-order valence-corrected chi connectivity index (χ3v) is 8.11. The van der Waals surface area contributed by atoms with Gasteiger partial charge in [0.05, 0.1) is 20.3 Å². The van der Waals surface area contributed by atoms with Crippen molar-refractivity contribution in [3.8, 4) is 5.75 Å². The van der Waals surface area contributed by atoms with Gasteiger partial charge in [0.15, 0.2) is 0 Å². The van der Waals surface area contributed by atoms with Gasteiger partial charge in [-0.3, -0.25) is 15.0 Å². The number of ether oxygens (including phenoxy) is 3. The molecule has 15 heteroatoms. The van der Waals surface area contributed by atoms with Gasteiger partial charge in [-0.05, 0) is 42.0 Å². The molecule has 0 fully saturated rings. The number of carbonyl (C=O) groups excluding carboxylic acids is 4. The number of benzene rings is 2. The van der Waals surface area contributed by atoms with E-state index in [1.165, 1.54) is 14.2 Å². The maximum Gasteiger partial charge on any atom is 0.317 e. The highest BCUT2D eigenvalue weighted by Gasteiger charge is 2.42. The van der Waals surface area contributed by atoms with Gasteiger partial charge in [-0.15, -0.1) is 0 Å². The molecule has 2 aromatic carbocycles. The zero-order valence-electron chi connectivity index (χ0n) is 30.9. The summed E-state index contributed by atoms with van der Waals surface area (Å²) < 4.78 is 15.3. The van der Waals surface area contributed by atoms with Crippen molar-refractivity contribution in [2.24, 2.45) is 11.8 Å². The third kappa shape index (κ3) is 15.1. The molecular formula is C36H57N7O8. The highest BCUT2D eigenvalue weighted by molar-refractivity contribution is 5.90. The van der Waals surface area contributed by atoms with Crippen molar-refractivity contribution in [1.29, 1.82) is 0 Å². The maximum absolute atomic E-state index is 13.8. The smallest absolute Gasteiger partial charge is 0.317 e. The summed E-state index contributed by atoms with van der Waals surface area (Å²) in [7, 11) is 4.59. The first-order chi connectivity index (χ1) is 24.3. The van der Waals surface area contributed by atoms with Crippen LogP contribution in [0.3, 0.4) is 0 Å². The third-order valence-electron chi connectivity index (χ3n) is 8.11. The number of amides is 6. The lowest BCUT2D eigenvalue weighted by atomic mass is 9.97. The molecule has 284 valence electrons. The molecule has 2 rings (SSSR count). The minimum Gasteiger partial charge on any atom is -0.497 e. The van der Waals surface area contributed by atoms with Crippen molar-refractivity contribution in [3.05, 3.63) is 65.7 Å². The zero-order chi connectivity index (χ0) is 37.8. The van der Waals surface area contributed by atoms with Gasteiger partial charge in [0.25, 0.3) is 11.8 Å². The van der Waals surface area contributed by atoms with Gasteiger partial charge >= 0.3 is 12.1 Å². The standard InChI is InChI=1S/C36H57N7O8/c1-25(2)31(40-34(46)37-19-21-49-5)32(44)42-43(23-28-14-17-30(51-7)18-15-28)24-29(16-13-27-11-9-8-10-12-27)39-33(45)36(48,26(3)4)41-35(47)38-20-22-50-6/h8-12,14-15,17-18,25-26,29,31,48H,13,16,19-24H2,1-7H3,(H,39,45)(H,42,44)(H2,37,40,46)(H2,38,41,47)/t29-,31-,36+/m0/s1. The number of hydrogen-bond acceptors (Lipinski definition) is 9. The van der Waals surface area contributed by atoms with Crippen molar-refractivity contribution in [2.45, 2.75) is 64.9 Å². The van der Waals surface area contributed by atoms with Gasteiger partial charge in [-0.25, -0.2) is 14.6 Å². The Balaban J connectivity index is 2.40. The first kappa shape index (κ1) is 42.7. The van der Waals surface area contributed by atoms with E-state index in [9.17, 15) is 24.3 Å². The molecule has 0 saturated heterocycles. The molecule has 0 radical (unpaired) electrons. The van der Waals surface area contributed by atoms with E-state index in [0.717, 1.165) is 11.1 Å². The zero-order valence-corrected chi connectivity index (χ0v) is 30.9. The SMILES string of the molecule is COCCNC(=O)N[C@H](C(=O)NN(Cc1ccc(OC)cc1)C[C@H](CCc1ccccc1)NC(=O)[C@@](O)(NC(=O)NCCOC)C(C)C)C(C)C. The second kappa shape index (κ2) is 22.4. The molecule has 0 aliphatic rings. The van der Waals surface area contributed by atoms with Crippen LogP contribution in [0.4, 0.5) is 9.59 Å². The lowest BCUT2D eigenvalue weighted by molar-refractivity contribution is -0.148. The number of hydrazine groups is 1. The molecule has 0 aliphatic heterocycles. The van der Waals surface area contributed by atoms with Gasteiger partial charge < -0.3 is 45.9 Å². The van der Waals surface area contributed by atoms with E-state index in [0.29, 0.717) is 25.2 Å². The highest BCUT2D eigenvalue weighted by Crippen LogP contribution is 2.17. The predicted molar refractivity (Wildman–Crippen MR) is 193 cm³/mol. The van der Waals surface area contributed by atoms with E-state index in [-0.39, 0.29) is 38.7 Å². The summed E-state index contributed by atoms with van der Waals surface area (Å²) in [4.78, 5) is 52.9. The Hall–Kier alpha value is -4.44. The van der Waals surface area contributed by atoms with Crippen LogP contribution >= 0.6 is 0 Å². The van der Waals surface area contributed by atoms with Crippen LogP contribution in [0.2, 0.25) is 0 Å². The van der Waals surface area contributed by atoms with Crippen LogP contribution in [0.1, 0.15) is 45.2 Å². The fraction of sp³-hybridized carbons (Fsp3) is 0.556. The van der Waals surface area contributed by atoms with Crippen LogP contribution < -0.4 is 36.7 Å². The van der Waals surface area contributed by atoms with Crippen LogP contribution in [-0.4, -0.2) is 106 Å². The van der Waals surface area contributed by atoms with Crippen molar-refractivity contribution < 1.29 is 38.5 Å². The molecule has 0 unspecified atom stereocenters. The first-order valence-electron chi connectivity index (χ1n) is 17.2. The monoisotopic (exact) mass is 715 g/mol. The van der Waals surface area contributed by atoms with Crippen LogP contribution in [0.25, 0.3) is 0 Å². The molecule has 2 aromatic rings. The Bertz CT molecular complexity index is 1350. The minimum absolute atomic E-state index is 0.107. The van der Waals surface area contributed by atoms with E-state index in [1.54, 1.807) is 38.1 Å². The van der Waals surface area contributed by atoms with Gasteiger partial charge in [0.1, 0.15) is 11.8 Å². The largest absolute Gasteiger partial charge is 0.497 e. The number of hydrogen-bond donors (Lipinski definition) is 7. The summed E-state index contributed by atoms with van der Waals surface area (Å²) in [5.74, 6) is -1.57. The van der Waals surface area contributed by atoms with Crippen LogP contribution in [-0.2, 0) is 32.0 Å². The summed E-state index contributed by atoms with van der Waals surface area (Å²) in [5.41, 5.74) is 2.57. The second-order valence-electron chi connectivity index (χ2n) is 12.8. The van der Waals surface area contributed by atoms with Crippen molar-refractivity contribution in [2.75, 3.05) is 54.2 Å². The minimum atomic E-state index is -2.25. The van der Waals surface area contributed by atoms with Crippen molar-refractivity contribution in [1.82, 2.24) is 37.0 Å². The Kier molecular flexibility index (Phi) is 18.8. The number of methoxy groups -OCH3 is 3. The summed E-state index contributed by atoms with van der Waals surface area (Å²) in [6.45, 7) is 8.24. The molecule has 3 atom stereocenters. The lowest BCUT2D eigenvalue weighted by Crippen LogP contribution is -2.66. The molecule has 0 aromatic heterocycles. The Morgan fingerprint density at radius 3 is 1.96 bits per heavy atom. The molecule has 0 spiro atoms. The number of nitrogens with zero attached hydrogens (tertiary/aromatic N) is 1. The fourth-order valence-corrected chi connectivity index (χ4v) is 5.02. The lowest BCUT2D eigenvalue weighted by Gasteiger charge is -2.35. The average Bonchev–Trinajstić information content (AvgIpc) is 3.10. The molecular weight excluding hydrogens is 658 g/mol. The molecule has 7 N–H and O–H groups in total. The molecule has 0 aliphatic carbocycles. The molecule has 0 saturated carbocycles. The van der Waals surface area contributed by atoms with Crippen molar-refractivity contribution >= 4 is 23.9 Å². The topological polar surface area (TPSA) is 192 Å². The highest BCUT2D eigenvalue weighted by atomic mass is 16.5. The van der Waals surface area contributed by atoms with E-state index >= 15 is 0 Å². The van der Waals surface area contributed by atoms with E-state index < -0.39 is 47.6 Å². The Labute approximate surface area is 301 Å². The molecule has 0 heterocycles. The summed E-state index contributed by atoms with van der Waals surface area (Å²) in [6, 6.07) is 14.3. The summed E-state index contributed by atoms with van der Waals surface area (Å²) >= 11 is 0. The molecule has 0 bridgehead atoms. The van der Waals surface area contributed by atoms with E-state index in [2.05, 4.69) is 32.0 Å². The maximum atomic E-state index is 13.8. The number of rotatable bonds is 22. The number of carbonyl (C=O) groups is 4. The molecule has 51 heavy (non-hydrogen) atoms. The van der Waals surface area contributed by atoms with Gasteiger partial charge in [0, 0.05) is 52.4 Å². The average molecular weight is 716 g/mol. The Morgan fingerprint density at radius 2 is 1.41 bits per heavy atom. The second-order valence-corrected chi connectivity index (χ2v) is 12.8. The van der Waals surface area contributed by atoms with Crippen molar-refractivity contribution in [3.63, 3.8) is 0 Å². The fourth-order valence-electron chi connectivity index (χ4n) is 5.02. The Morgan fingerprint density at radius 1 is 0.804 bits per heavy atom. The number of urea groups is 2. The molecule has 15 nitrogen and oxygen atoms in total. The van der Waals surface area contributed by atoms with Crippen LogP contribution in [0.15, 0.2) is 54.6 Å². The quantitative estimate of drug-likeness (QED) is 0.0542. The normalized spacial score (nSPS) is 13.5. The number of aliphatic hydroxyl groups is 1. The van der Waals surface area contributed by atoms with Gasteiger partial charge in [0.2, 0.25) is 5.72 Å². The number of aryl methyl sites for hydroxylation is 1. The van der Waals surface area contributed by atoms with Gasteiger partial charge in [-0.1, -0.05) is 70.2 Å².